The van der Waals surface area contributed by atoms with E-state index in [1.165, 1.54) is 30.3 Å². The van der Waals surface area contributed by atoms with Crippen molar-refractivity contribution in [2.24, 2.45) is 0 Å². The van der Waals surface area contributed by atoms with Gasteiger partial charge in [-0.3, -0.25) is 0 Å². The summed E-state index contributed by atoms with van der Waals surface area (Å²) in [7, 11) is 0. The van der Waals surface area contributed by atoms with E-state index in [0.29, 0.717) is 10.5 Å². The summed E-state index contributed by atoms with van der Waals surface area (Å²) in [5.74, 6) is -0.577. The number of amides is 2. The molecule has 3 rings (SSSR count). The van der Waals surface area contributed by atoms with Gasteiger partial charge in [-0.15, -0.1) is 0 Å². The zero-order valence-electron chi connectivity index (χ0n) is 13.9. The van der Waals surface area contributed by atoms with Gasteiger partial charge in [0.25, 0.3) is 0 Å². The molecule has 0 bridgehead atoms. The molecule has 144 valence electrons. The number of carbonyl (C=O) groups is 1. The molecule has 1 atom stereocenters. The number of rotatable bonds is 4. The second-order valence-corrected chi connectivity index (χ2v) is 6.60. The van der Waals surface area contributed by atoms with Crippen molar-refractivity contribution in [3.8, 4) is 0 Å². The van der Waals surface area contributed by atoms with Gasteiger partial charge in [-0.25, -0.2) is 9.18 Å². The Bertz CT molecular complexity index is 857. The average molecular weight is 403 g/mol. The van der Waals surface area contributed by atoms with E-state index in [2.05, 4.69) is 5.32 Å². The first-order chi connectivity index (χ1) is 12.7. The van der Waals surface area contributed by atoms with Gasteiger partial charge in [-0.05, 0) is 35.9 Å². The lowest BCUT2D eigenvalue weighted by Gasteiger charge is -2.48. The van der Waals surface area contributed by atoms with Crippen LogP contribution in [0.15, 0.2) is 42.5 Å². The van der Waals surface area contributed by atoms with E-state index < -0.39 is 36.7 Å². The van der Waals surface area contributed by atoms with E-state index >= 15 is 0 Å². The van der Waals surface area contributed by atoms with Crippen molar-refractivity contribution < 1.29 is 27.5 Å². The predicted octanol–water partition coefficient (Wildman–Crippen LogP) is 4.51. The van der Waals surface area contributed by atoms with Gasteiger partial charge in [0.05, 0.1) is 5.54 Å². The average Bonchev–Trinajstić information content (AvgIpc) is 2.58. The maximum atomic E-state index is 13.4. The lowest BCUT2D eigenvalue weighted by atomic mass is 9.76. The summed E-state index contributed by atoms with van der Waals surface area (Å²) in [5.41, 5.74) is -0.860. The minimum atomic E-state index is -4.69. The monoisotopic (exact) mass is 402 g/mol. The third-order valence-corrected chi connectivity index (χ3v) is 4.74. The Morgan fingerprint density at radius 2 is 1.81 bits per heavy atom. The van der Waals surface area contributed by atoms with E-state index in [-0.39, 0.29) is 22.7 Å². The molecule has 0 aliphatic carbocycles. The SMILES string of the molecule is O=C1Nc2ccc(Cl)cc2C(CCO)(c2ccc(F)cc2)N1CC(F)(F)F. The van der Waals surface area contributed by atoms with Gasteiger partial charge >= 0.3 is 12.2 Å². The van der Waals surface area contributed by atoms with Crippen molar-refractivity contribution in [2.75, 3.05) is 18.5 Å². The highest BCUT2D eigenvalue weighted by molar-refractivity contribution is 6.30. The van der Waals surface area contributed by atoms with Crippen molar-refractivity contribution in [1.29, 1.82) is 0 Å². The lowest BCUT2D eigenvalue weighted by Crippen LogP contribution is -2.58. The van der Waals surface area contributed by atoms with E-state index in [4.69, 9.17) is 11.6 Å². The highest BCUT2D eigenvalue weighted by atomic mass is 35.5. The molecule has 0 spiro atoms. The first kappa shape index (κ1) is 19.4. The Morgan fingerprint density at radius 1 is 1.15 bits per heavy atom. The smallest absolute Gasteiger partial charge is 0.396 e. The third kappa shape index (κ3) is 3.59. The van der Waals surface area contributed by atoms with Crippen LogP contribution in [0, 0.1) is 5.82 Å². The Morgan fingerprint density at radius 3 is 2.41 bits per heavy atom. The Kier molecular flexibility index (Phi) is 5.05. The first-order valence-electron chi connectivity index (χ1n) is 8.00. The minimum absolute atomic E-state index is 0.227. The van der Waals surface area contributed by atoms with Crippen LogP contribution in [-0.4, -0.2) is 35.4 Å². The van der Waals surface area contributed by atoms with Crippen LogP contribution in [0.4, 0.5) is 28.0 Å². The molecule has 2 aromatic carbocycles. The molecule has 1 aliphatic rings. The van der Waals surface area contributed by atoms with Crippen LogP contribution in [0.2, 0.25) is 5.02 Å². The topological polar surface area (TPSA) is 52.6 Å². The zero-order chi connectivity index (χ0) is 19.8. The number of nitrogens with one attached hydrogen (secondary N) is 1. The van der Waals surface area contributed by atoms with Crippen LogP contribution in [0.5, 0.6) is 0 Å². The number of anilines is 1. The molecule has 1 unspecified atom stereocenters. The zero-order valence-corrected chi connectivity index (χ0v) is 14.6. The second kappa shape index (κ2) is 7.01. The first-order valence-corrected chi connectivity index (χ1v) is 8.37. The summed E-state index contributed by atoms with van der Waals surface area (Å²) in [5, 5.41) is 12.3. The molecule has 0 aromatic heterocycles. The molecular weight excluding hydrogens is 388 g/mol. The molecule has 1 heterocycles. The fraction of sp³-hybridized carbons (Fsp3) is 0.278. The third-order valence-electron chi connectivity index (χ3n) is 4.51. The number of alkyl halides is 3. The van der Waals surface area contributed by atoms with Gasteiger partial charge < -0.3 is 15.3 Å². The normalized spacial score (nSPS) is 19.6. The maximum Gasteiger partial charge on any atom is 0.406 e. The molecule has 0 saturated heterocycles. The number of hydrogen-bond donors (Lipinski definition) is 2. The summed E-state index contributed by atoms with van der Waals surface area (Å²) in [6.07, 6.45) is -4.91. The number of benzene rings is 2. The van der Waals surface area contributed by atoms with Gasteiger partial charge in [-0.1, -0.05) is 23.7 Å². The van der Waals surface area contributed by atoms with Crippen molar-refractivity contribution in [3.05, 3.63) is 64.4 Å². The van der Waals surface area contributed by atoms with Crippen LogP contribution >= 0.6 is 11.6 Å². The van der Waals surface area contributed by atoms with E-state index in [1.807, 2.05) is 0 Å². The number of nitrogens with zero attached hydrogens (tertiary/aromatic N) is 1. The predicted molar refractivity (Wildman–Crippen MR) is 92.1 cm³/mol. The summed E-state index contributed by atoms with van der Waals surface area (Å²) >= 11 is 6.06. The van der Waals surface area contributed by atoms with Gasteiger partial charge in [0.1, 0.15) is 12.4 Å². The lowest BCUT2D eigenvalue weighted by molar-refractivity contribution is -0.149. The number of urea groups is 1. The summed E-state index contributed by atoms with van der Waals surface area (Å²) in [4.78, 5) is 13.2. The van der Waals surface area contributed by atoms with Crippen LogP contribution in [0.1, 0.15) is 17.5 Å². The minimum Gasteiger partial charge on any atom is -0.396 e. The van der Waals surface area contributed by atoms with E-state index in [1.54, 1.807) is 0 Å². The summed E-state index contributed by atoms with van der Waals surface area (Å²) in [6, 6.07) is 8.24. The number of hydrogen-bond acceptors (Lipinski definition) is 2. The van der Waals surface area contributed by atoms with E-state index in [0.717, 1.165) is 12.1 Å². The molecule has 0 fully saturated rings. The molecule has 2 amide bonds. The number of halogens is 5. The molecule has 0 saturated carbocycles. The molecule has 2 aromatic rings. The quantitative estimate of drug-likeness (QED) is 0.739. The molecular formula is C18H15ClF4N2O2. The van der Waals surface area contributed by atoms with Crippen LogP contribution in [0.3, 0.4) is 0 Å². The number of fused-ring (bicyclic) bond motifs is 1. The molecule has 9 heteroatoms. The van der Waals surface area contributed by atoms with Crippen molar-refractivity contribution in [1.82, 2.24) is 4.90 Å². The van der Waals surface area contributed by atoms with Gasteiger partial charge in [0, 0.05) is 29.3 Å². The summed E-state index contributed by atoms with van der Waals surface area (Å²) < 4.78 is 53.2. The number of aliphatic hydroxyl groups excluding tert-OH is 1. The number of carbonyl (C=O) groups excluding carboxylic acids is 1. The Labute approximate surface area is 157 Å². The van der Waals surface area contributed by atoms with Gasteiger partial charge in [0.2, 0.25) is 0 Å². The highest BCUT2D eigenvalue weighted by Gasteiger charge is 2.51. The van der Waals surface area contributed by atoms with Gasteiger partial charge in [-0.2, -0.15) is 13.2 Å². The van der Waals surface area contributed by atoms with Crippen molar-refractivity contribution >= 4 is 23.3 Å². The van der Waals surface area contributed by atoms with Gasteiger partial charge in [0.15, 0.2) is 0 Å². The van der Waals surface area contributed by atoms with Crippen molar-refractivity contribution in [3.63, 3.8) is 0 Å². The number of aliphatic hydroxyl groups is 1. The van der Waals surface area contributed by atoms with Crippen LogP contribution < -0.4 is 5.32 Å². The largest absolute Gasteiger partial charge is 0.406 e. The highest BCUT2D eigenvalue weighted by Crippen LogP contribution is 2.47. The standard InChI is InChI=1S/C18H15ClF4N2O2/c19-12-3-6-15-14(9-12)17(7-8-26,11-1-4-13(20)5-2-11)25(16(27)24-15)10-18(21,22)23/h1-6,9,26H,7-8,10H2,(H,24,27). The molecule has 1 aliphatic heterocycles. The fourth-order valence-electron chi connectivity index (χ4n) is 3.47. The van der Waals surface area contributed by atoms with Crippen LogP contribution in [0.25, 0.3) is 0 Å². The molecule has 4 nitrogen and oxygen atoms in total. The summed E-state index contributed by atoms with van der Waals surface area (Å²) in [6.45, 7) is -2.06. The van der Waals surface area contributed by atoms with E-state index in [9.17, 15) is 27.5 Å². The second-order valence-electron chi connectivity index (χ2n) is 6.16. The Balaban J connectivity index is 2.32. The molecule has 27 heavy (non-hydrogen) atoms. The van der Waals surface area contributed by atoms with Crippen LogP contribution in [-0.2, 0) is 5.54 Å². The maximum absolute atomic E-state index is 13.4. The van der Waals surface area contributed by atoms with Crippen molar-refractivity contribution in [2.45, 2.75) is 18.1 Å². The molecule has 2 N–H and O–H groups in total. The fourth-order valence-corrected chi connectivity index (χ4v) is 3.64. The molecule has 0 radical (unpaired) electrons. The Hall–Kier alpha value is -2.32.